The third-order valence-corrected chi connectivity index (χ3v) is 3.54. The second kappa shape index (κ2) is 4.74. The molecular formula is C15H18N2. The molecule has 1 aliphatic heterocycles. The van der Waals surface area contributed by atoms with Gasteiger partial charge in [0.2, 0.25) is 0 Å². The van der Waals surface area contributed by atoms with E-state index in [2.05, 4.69) is 47.9 Å². The molecule has 0 bridgehead atoms. The van der Waals surface area contributed by atoms with E-state index in [9.17, 15) is 0 Å². The maximum absolute atomic E-state index is 4.71. The van der Waals surface area contributed by atoms with Crippen LogP contribution in [-0.4, -0.2) is 18.8 Å². The molecule has 1 N–H and O–H groups in total. The first-order valence-corrected chi connectivity index (χ1v) is 6.42. The minimum absolute atomic E-state index is 0.528. The van der Waals surface area contributed by atoms with Crippen LogP contribution in [-0.2, 0) is 0 Å². The Kier molecular flexibility index (Phi) is 2.95. The van der Waals surface area contributed by atoms with Crippen LogP contribution in [0.4, 0.5) is 0 Å². The van der Waals surface area contributed by atoms with Crippen molar-refractivity contribution in [1.29, 1.82) is 0 Å². The monoisotopic (exact) mass is 226 g/mol. The molecule has 2 unspecified atom stereocenters. The van der Waals surface area contributed by atoms with E-state index < -0.39 is 0 Å². The number of hydrogen-bond acceptors (Lipinski definition) is 2. The second-order valence-electron chi connectivity index (χ2n) is 4.88. The molecule has 1 fully saturated rings. The number of nitrogens with one attached hydrogen (secondary N) is 1. The van der Waals surface area contributed by atoms with Crippen molar-refractivity contribution in [2.45, 2.75) is 24.8 Å². The van der Waals surface area contributed by atoms with Gasteiger partial charge in [-0.2, -0.15) is 0 Å². The van der Waals surface area contributed by atoms with Gasteiger partial charge >= 0.3 is 0 Å². The van der Waals surface area contributed by atoms with Crippen molar-refractivity contribution in [2.75, 3.05) is 6.54 Å². The summed E-state index contributed by atoms with van der Waals surface area (Å²) >= 11 is 0. The minimum atomic E-state index is 0.528. The molecule has 3 rings (SSSR count). The molecule has 0 aromatic heterocycles. The SMILES string of the molecule is C1=CC(C=NC2C[C@@H]2c2ccccc2)CCN1. The highest BCUT2D eigenvalue weighted by molar-refractivity contribution is 5.64. The molecule has 1 aromatic carbocycles. The summed E-state index contributed by atoms with van der Waals surface area (Å²) < 4.78 is 0. The molecule has 0 amide bonds. The summed E-state index contributed by atoms with van der Waals surface area (Å²) in [4.78, 5) is 4.71. The highest BCUT2D eigenvalue weighted by Gasteiger charge is 2.37. The van der Waals surface area contributed by atoms with Gasteiger partial charge < -0.3 is 5.32 Å². The normalized spacial score (nSPS) is 31.4. The Morgan fingerprint density at radius 3 is 2.88 bits per heavy atom. The molecule has 2 aliphatic rings. The summed E-state index contributed by atoms with van der Waals surface area (Å²) in [7, 11) is 0. The van der Waals surface area contributed by atoms with Crippen LogP contribution in [0.1, 0.15) is 24.3 Å². The van der Waals surface area contributed by atoms with Gasteiger partial charge in [0.25, 0.3) is 0 Å². The molecule has 1 heterocycles. The standard InChI is InChI=1S/C15H18N2/c1-2-4-13(5-3-1)14-10-15(14)17-11-12-6-8-16-9-7-12/h1-6,8,11-12,14-16H,7,9-10H2/t12?,14-,15?/m1/s1. The summed E-state index contributed by atoms with van der Waals surface area (Å²) in [6.07, 6.45) is 8.78. The van der Waals surface area contributed by atoms with Crippen molar-refractivity contribution in [3.8, 4) is 0 Å². The smallest absolute Gasteiger partial charge is 0.0571 e. The number of aliphatic imine (C=N–C) groups is 1. The molecule has 1 saturated carbocycles. The molecule has 17 heavy (non-hydrogen) atoms. The van der Waals surface area contributed by atoms with Gasteiger partial charge in [0, 0.05) is 24.6 Å². The molecule has 1 aliphatic carbocycles. The van der Waals surface area contributed by atoms with Crippen LogP contribution in [0.3, 0.4) is 0 Å². The summed E-state index contributed by atoms with van der Waals surface area (Å²) in [5, 5.41) is 3.21. The Bertz CT molecular complexity index is 422. The molecule has 1 aromatic rings. The maximum atomic E-state index is 4.71. The molecule has 0 saturated heterocycles. The third-order valence-electron chi connectivity index (χ3n) is 3.54. The lowest BCUT2D eigenvalue weighted by molar-refractivity contribution is 0.664. The van der Waals surface area contributed by atoms with Gasteiger partial charge in [0.15, 0.2) is 0 Å². The average molecular weight is 226 g/mol. The predicted molar refractivity (Wildman–Crippen MR) is 71.3 cm³/mol. The summed E-state index contributed by atoms with van der Waals surface area (Å²) in [6.45, 7) is 1.07. The van der Waals surface area contributed by atoms with Crippen molar-refractivity contribution in [2.24, 2.45) is 10.9 Å². The van der Waals surface area contributed by atoms with E-state index in [1.54, 1.807) is 0 Å². The van der Waals surface area contributed by atoms with Crippen LogP contribution in [0.25, 0.3) is 0 Å². The molecule has 88 valence electrons. The lowest BCUT2D eigenvalue weighted by atomic mass is 10.1. The van der Waals surface area contributed by atoms with E-state index in [0.717, 1.165) is 6.54 Å². The lowest BCUT2D eigenvalue weighted by Crippen LogP contribution is -2.17. The lowest BCUT2D eigenvalue weighted by Gasteiger charge is -2.12. The Hall–Kier alpha value is -1.57. The predicted octanol–water partition coefficient (Wildman–Crippen LogP) is 2.74. The van der Waals surface area contributed by atoms with E-state index in [1.165, 1.54) is 18.4 Å². The average Bonchev–Trinajstić information content (AvgIpc) is 3.18. The Labute approximate surface area is 102 Å². The van der Waals surface area contributed by atoms with E-state index >= 15 is 0 Å². The quantitative estimate of drug-likeness (QED) is 0.787. The summed E-state index contributed by atoms with van der Waals surface area (Å²) in [5.74, 6) is 1.20. The fourth-order valence-electron chi connectivity index (χ4n) is 2.37. The molecule has 3 atom stereocenters. The molecule has 0 radical (unpaired) electrons. The van der Waals surface area contributed by atoms with Gasteiger partial charge in [0.1, 0.15) is 0 Å². The second-order valence-corrected chi connectivity index (χ2v) is 4.88. The number of rotatable bonds is 3. The van der Waals surface area contributed by atoms with Crippen molar-refractivity contribution in [3.05, 3.63) is 48.2 Å². The van der Waals surface area contributed by atoms with E-state index in [4.69, 9.17) is 4.99 Å². The zero-order chi connectivity index (χ0) is 11.5. The van der Waals surface area contributed by atoms with Crippen molar-refractivity contribution in [1.82, 2.24) is 5.32 Å². The Morgan fingerprint density at radius 1 is 1.24 bits per heavy atom. The van der Waals surface area contributed by atoms with Crippen molar-refractivity contribution >= 4 is 6.21 Å². The molecule has 0 spiro atoms. The van der Waals surface area contributed by atoms with Crippen LogP contribution in [0.2, 0.25) is 0 Å². The van der Waals surface area contributed by atoms with E-state index in [-0.39, 0.29) is 0 Å². The fourth-order valence-corrected chi connectivity index (χ4v) is 2.37. The topological polar surface area (TPSA) is 24.4 Å². The first-order valence-electron chi connectivity index (χ1n) is 6.42. The highest BCUT2D eigenvalue weighted by Crippen LogP contribution is 2.43. The van der Waals surface area contributed by atoms with Gasteiger partial charge in [-0.3, -0.25) is 4.99 Å². The zero-order valence-corrected chi connectivity index (χ0v) is 9.92. The van der Waals surface area contributed by atoms with Gasteiger partial charge in [-0.25, -0.2) is 0 Å². The maximum Gasteiger partial charge on any atom is 0.0571 e. The fraction of sp³-hybridized carbons (Fsp3) is 0.400. The summed E-state index contributed by atoms with van der Waals surface area (Å²) in [6, 6.07) is 11.3. The molecular weight excluding hydrogens is 208 g/mol. The van der Waals surface area contributed by atoms with Gasteiger partial charge in [-0.15, -0.1) is 0 Å². The Balaban J connectivity index is 1.57. The van der Waals surface area contributed by atoms with Crippen LogP contribution in [0, 0.1) is 5.92 Å². The van der Waals surface area contributed by atoms with E-state index in [1.807, 2.05) is 6.20 Å². The van der Waals surface area contributed by atoms with Crippen LogP contribution in [0.5, 0.6) is 0 Å². The highest BCUT2D eigenvalue weighted by atomic mass is 14.9. The van der Waals surface area contributed by atoms with Gasteiger partial charge in [-0.05, 0) is 24.6 Å². The summed E-state index contributed by atoms with van der Waals surface area (Å²) in [5.41, 5.74) is 1.44. The number of benzene rings is 1. The number of nitrogens with zero attached hydrogens (tertiary/aromatic N) is 1. The number of hydrogen-bond donors (Lipinski definition) is 1. The molecule has 2 nitrogen and oxygen atoms in total. The largest absolute Gasteiger partial charge is 0.391 e. The zero-order valence-electron chi connectivity index (χ0n) is 9.92. The van der Waals surface area contributed by atoms with Crippen molar-refractivity contribution < 1.29 is 0 Å². The third kappa shape index (κ3) is 2.57. The first kappa shape index (κ1) is 10.6. The number of allylic oxidation sites excluding steroid dienone is 1. The van der Waals surface area contributed by atoms with Gasteiger partial charge in [-0.1, -0.05) is 36.4 Å². The minimum Gasteiger partial charge on any atom is -0.391 e. The first-order chi connectivity index (χ1) is 8.43. The van der Waals surface area contributed by atoms with Crippen LogP contribution < -0.4 is 5.32 Å². The molecule has 2 heteroatoms. The van der Waals surface area contributed by atoms with Crippen molar-refractivity contribution in [3.63, 3.8) is 0 Å². The van der Waals surface area contributed by atoms with Gasteiger partial charge in [0.05, 0.1) is 6.04 Å². The van der Waals surface area contributed by atoms with Crippen LogP contribution in [0.15, 0.2) is 47.6 Å². The van der Waals surface area contributed by atoms with Crippen LogP contribution >= 0.6 is 0 Å². The van der Waals surface area contributed by atoms with E-state index in [0.29, 0.717) is 17.9 Å². The Morgan fingerprint density at radius 2 is 2.12 bits per heavy atom.